The van der Waals surface area contributed by atoms with Crippen LogP contribution in [0.5, 0.6) is 23.1 Å². The van der Waals surface area contributed by atoms with E-state index in [2.05, 4.69) is 14.8 Å². The first-order valence-electron chi connectivity index (χ1n) is 11.0. The van der Waals surface area contributed by atoms with Crippen LogP contribution in [0.4, 0.5) is 0 Å². The fourth-order valence-corrected chi connectivity index (χ4v) is 5.94. The topological polar surface area (TPSA) is 149 Å². The molecule has 0 radical (unpaired) electrons. The number of hydrogen-bond acceptors (Lipinski definition) is 9. The molecule has 0 atom stereocenters. The number of rotatable bonds is 7. The van der Waals surface area contributed by atoms with Gasteiger partial charge in [-0.25, -0.2) is 13.4 Å². The number of sulfonamides is 1. The molecule has 35 heavy (non-hydrogen) atoms. The first kappa shape index (κ1) is 23.0. The van der Waals surface area contributed by atoms with Gasteiger partial charge in [0.2, 0.25) is 5.88 Å². The Kier molecular flexibility index (Phi) is 5.55. The second-order valence-electron chi connectivity index (χ2n) is 8.55. The molecule has 1 spiro atoms. The lowest BCUT2D eigenvalue weighted by Crippen LogP contribution is -2.33. The van der Waals surface area contributed by atoms with E-state index in [4.69, 9.17) is 19.6 Å². The summed E-state index contributed by atoms with van der Waals surface area (Å²) in [4.78, 5) is 3.59. The molecule has 0 bridgehead atoms. The largest absolute Gasteiger partial charge is 0.507 e. The number of pyridine rings is 1. The van der Waals surface area contributed by atoms with Gasteiger partial charge in [-0.1, -0.05) is 0 Å². The summed E-state index contributed by atoms with van der Waals surface area (Å²) in [5, 5.41) is 23.9. The Morgan fingerprint density at radius 2 is 2.09 bits per heavy atom. The number of nitrogens with one attached hydrogen (secondary N) is 2. The highest BCUT2D eigenvalue weighted by Gasteiger charge is 2.50. The first-order valence-corrected chi connectivity index (χ1v) is 12.5. The summed E-state index contributed by atoms with van der Waals surface area (Å²) in [6.45, 7) is 0.826. The summed E-state index contributed by atoms with van der Waals surface area (Å²) in [5.41, 5.74) is 1.61. The SMILES string of the molecule is COc1ccnc(OC)c1S(=O)(=O)NC(=N)c1c(O)cc(Cn2cccn2)c2c1OCCC21CC1. The van der Waals surface area contributed by atoms with E-state index >= 15 is 0 Å². The van der Waals surface area contributed by atoms with Gasteiger partial charge in [-0.2, -0.15) is 5.10 Å². The summed E-state index contributed by atoms with van der Waals surface area (Å²) < 4.78 is 46.8. The van der Waals surface area contributed by atoms with Crippen LogP contribution in [-0.2, 0) is 22.0 Å². The predicted octanol–water partition coefficient (Wildman–Crippen LogP) is 2.17. The molecule has 12 heteroatoms. The number of ether oxygens (including phenoxy) is 3. The number of phenols is 1. The smallest absolute Gasteiger partial charge is 0.272 e. The van der Waals surface area contributed by atoms with Gasteiger partial charge in [0, 0.05) is 35.6 Å². The van der Waals surface area contributed by atoms with Crippen molar-refractivity contribution in [3.8, 4) is 23.1 Å². The standard InChI is InChI=1S/C23H25N5O6S/c1-32-16-4-9-25-22(33-2)20(16)35(30,31)27-21(24)17-15(29)12-14(13-28-10-3-8-26-28)18-19(17)34-11-7-23(18)5-6-23/h3-4,8-10,12,29H,5-7,11,13H2,1-2H3,(H2,24,27). The quantitative estimate of drug-likeness (QED) is 0.331. The molecule has 1 fully saturated rings. The van der Waals surface area contributed by atoms with Crippen LogP contribution in [0, 0.1) is 5.41 Å². The van der Waals surface area contributed by atoms with Crippen LogP contribution in [0.3, 0.4) is 0 Å². The van der Waals surface area contributed by atoms with E-state index in [9.17, 15) is 13.5 Å². The Morgan fingerprint density at radius 3 is 2.74 bits per heavy atom. The Morgan fingerprint density at radius 1 is 1.29 bits per heavy atom. The second kappa shape index (κ2) is 8.45. The van der Waals surface area contributed by atoms with Gasteiger partial charge >= 0.3 is 0 Å². The van der Waals surface area contributed by atoms with Crippen molar-refractivity contribution >= 4 is 15.9 Å². The number of aromatic nitrogens is 3. The van der Waals surface area contributed by atoms with Crippen LogP contribution in [-0.4, -0.2) is 55.0 Å². The molecule has 2 aliphatic rings. The lowest BCUT2D eigenvalue weighted by atomic mass is 9.84. The number of hydrogen-bond donors (Lipinski definition) is 3. The van der Waals surface area contributed by atoms with Gasteiger partial charge in [-0.15, -0.1) is 0 Å². The van der Waals surface area contributed by atoms with Crippen LogP contribution < -0.4 is 18.9 Å². The van der Waals surface area contributed by atoms with Crippen LogP contribution in [0.15, 0.2) is 41.7 Å². The van der Waals surface area contributed by atoms with Crippen LogP contribution in [0.2, 0.25) is 0 Å². The van der Waals surface area contributed by atoms with E-state index in [1.54, 1.807) is 16.9 Å². The van der Waals surface area contributed by atoms with Crippen LogP contribution in [0.1, 0.15) is 36.0 Å². The summed E-state index contributed by atoms with van der Waals surface area (Å²) in [5.74, 6) is -0.644. The van der Waals surface area contributed by atoms with Gasteiger partial charge in [-0.3, -0.25) is 14.8 Å². The molecular weight excluding hydrogens is 474 g/mol. The highest BCUT2D eigenvalue weighted by atomic mass is 32.2. The van der Waals surface area contributed by atoms with Gasteiger partial charge in [0.15, 0.2) is 4.90 Å². The van der Waals surface area contributed by atoms with Crippen molar-refractivity contribution in [2.45, 2.75) is 36.1 Å². The number of nitrogens with zero attached hydrogens (tertiary/aromatic N) is 3. The fraction of sp³-hybridized carbons (Fsp3) is 0.348. The molecule has 0 amide bonds. The number of phenolic OH excluding ortho intramolecular Hbond substituents is 1. The van der Waals surface area contributed by atoms with Crippen molar-refractivity contribution in [2.75, 3.05) is 20.8 Å². The van der Waals surface area contributed by atoms with E-state index in [1.165, 1.54) is 26.5 Å². The average Bonchev–Trinajstić information content (AvgIpc) is 3.39. The first-order chi connectivity index (χ1) is 16.8. The van der Waals surface area contributed by atoms with E-state index in [-0.39, 0.29) is 33.3 Å². The Balaban J connectivity index is 1.58. The molecule has 0 saturated heterocycles. The average molecular weight is 500 g/mol. The Bertz CT molecular complexity index is 1380. The number of amidine groups is 1. The zero-order valence-corrected chi connectivity index (χ0v) is 20.1. The third kappa shape index (κ3) is 3.93. The molecule has 3 N–H and O–H groups in total. The molecule has 2 aromatic heterocycles. The van der Waals surface area contributed by atoms with E-state index in [1.807, 2.05) is 12.3 Å². The van der Waals surface area contributed by atoms with Gasteiger partial charge in [0.25, 0.3) is 10.0 Å². The predicted molar refractivity (Wildman–Crippen MR) is 125 cm³/mol. The van der Waals surface area contributed by atoms with Crippen LogP contribution in [0.25, 0.3) is 0 Å². The normalized spacial score (nSPS) is 15.7. The summed E-state index contributed by atoms with van der Waals surface area (Å²) >= 11 is 0. The summed E-state index contributed by atoms with van der Waals surface area (Å²) in [6.07, 6.45) is 7.59. The number of methoxy groups -OCH3 is 2. The lowest BCUT2D eigenvalue weighted by molar-refractivity contribution is 0.257. The molecule has 184 valence electrons. The molecular formula is C23H25N5O6S. The minimum Gasteiger partial charge on any atom is -0.507 e. The van der Waals surface area contributed by atoms with Crippen molar-refractivity contribution in [3.63, 3.8) is 0 Å². The second-order valence-corrected chi connectivity index (χ2v) is 10.2. The fourth-order valence-electron chi connectivity index (χ4n) is 4.68. The third-order valence-corrected chi connectivity index (χ3v) is 7.84. The van der Waals surface area contributed by atoms with Gasteiger partial charge < -0.3 is 19.3 Å². The molecule has 1 aliphatic carbocycles. The minimum atomic E-state index is -4.37. The van der Waals surface area contributed by atoms with Crippen molar-refractivity contribution in [1.29, 1.82) is 5.41 Å². The molecule has 1 aromatic carbocycles. The van der Waals surface area contributed by atoms with Gasteiger partial charge in [-0.05, 0) is 37.0 Å². The van der Waals surface area contributed by atoms with Gasteiger partial charge in [0.1, 0.15) is 28.6 Å². The molecule has 5 rings (SSSR count). The minimum absolute atomic E-state index is 0.00570. The van der Waals surface area contributed by atoms with Crippen molar-refractivity contribution < 1.29 is 27.7 Å². The molecule has 1 aliphatic heterocycles. The maximum Gasteiger partial charge on any atom is 0.272 e. The zero-order valence-electron chi connectivity index (χ0n) is 19.2. The van der Waals surface area contributed by atoms with E-state index < -0.39 is 15.9 Å². The Labute approximate surface area is 202 Å². The van der Waals surface area contributed by atoms with Crippen molar-refractivity contribution in [2.24, 2.45) is 0 Å². The van der Waals surface area contributed by atoms with Crippen molar-refractivity contribution in [3.05, 3.63) is 53.5 Å². The Hall–Kier alpha value is -3.80. The summed E-state index contributed by atoms with van der Waals surface area (Å²) in [6, 6.07) is 4.76. The van der Waals surface area contributed by atoms with E-state index in [0.717, 1.165) is 30.4 Å². The number of fused-ring (bicyclic) bond motifs is 2. The van der Waals surface area contributed by atoms with Crippen molar-refractivity contribution in [1.82, 2.24) is 19.5 Å². The third-order valence-electron chi connectivity index (χ3n) is 6.45. The highest BCUT2D eigenvalue weighted by molar-refractivity contribution is 7.90. The van der Waals surface area contributed by atoms with E-state index in [0.29, 0.717) is 18.9 Å². The molecule has 11 nitrogen and oxygen atoms in total. The summed E-state index contributed by atoms with van der Waals surface area (Å²) in [7, 11) is -1.76. The monoisotopic (exact) mass is 499 g/mol. The number of aromatic hydroxyl groups is 1. The maximum atomic E-state index is 13.3. The maximum absolute atomic E-state index is 13.3. The zero-order chi connectivity index (χ0) is 24.8. The highest BCUT2D eigenvalue weighted by Crippen LogP contribution is 2.58. The van der Waals surface area contributed by atoms with Gasteiger partial charge in [0.05, 0.1) is 27.4 Å². The number of benzene rings is 1. The molecule has 0 unspecified atom stereocenters. The van der Waals surface area contributed by atoms with Crippen LogP contribution >= 0.6 is 0 Å². The molecule has 3 heterocycles. The molecule has 3 aromatic rings. The molecule has 1 saturated carbocycles. The lowest BCUT2D eigenvalue weighted by Gasteiger charge is -2.31.